The van der Waals surface area contributed by atoms with E-state index in [1.807, 2.05) is 13.8 Å². The Morgan fingerprint density at radius 3 is 1.89 bits per heavy atom. The number of sulfonamides is 1. The van der Waals surface area contributed by atoms with Gasteiger partial charge in [0, 0.05) is 18.1 Å². The maximum absolute atomic E-state index is 11.7. The van der Waals surface area contributed by atoms with Crippen LogP contribution < -0.4 is 4.72 Å². The Bertz CT molecular complexity index is 432. The van der Waals surface area contributed by atoms with E-state index in [-0.39, 0.29) is 16.9 Å². The summed E-state index contributed by atoms with van der Waals surface area (Å²) in [6, 6.07) is 0. The molecule has 0 atom stereocenters. The largest absolute Gasteiger partial charge is 0.229 e. The molecule has 0 aromatic carbocycles. The number of nitrogens with one attached hydrogen (secondary N) is 1. The maximum atomic E-state index is 11.7. The SMILES string of the molecule is CCC(CC)(CBr)CNS(=O)(=O)CCS(C)(=O)=O. The lowest BCUT2D eigenvalue weighted by Crippen LogP contribution is -2.40. The summed E-state index contributed by atoms with van der Waals surface area (Å²) in [6.45, 7) is 4.35. The van der Waals surface area contributed by atoms with E-state index in [0.717, 1.165) is 19.1 Å². The molecule has 0 fully saturated rings. The Morgan fingerprint density at radius 2 is 1.56 bits per heavy atom. The van der Waals surface area contributed by atoms with E-state index in [1.54, 1.807) is 0 Å². The van der Waals surface area contributed by atoms with Crippen molar-refractivity contribution < 1.29 is 16.8 Å². The first-order chi connectivity index (χ1) is 8.10. The van der Waals surface area contributed by atoms with Crippen molar-refractivity contribution in [3.63, 3.8) is 0 Å². The summed E-state index contributed by atoms with van der Waals surface area (Å²) >= 11 is 3.40. The molecule has 0 saturated heterocycles. The molecule has 0 amide bonds. The molecular formula is C10H22BrNO4S2. The fourth-order valence-electron chi connectivity index (χ4n) is 1.33. The Morgan fingerprint density at radius 1 is 1.06 bits per heavy atom. The molecule has 1 N–H and O–H groups in total. The van der Waals surface area contributed by atoms with Gasteiger partial charge in [-0.05, 0) is 18.3 Å². The highest BCUT2D eigenvalue weighted by Crippen LogP contribution is 2.27. The highest BCUT2D eigenvalue weighted by Gasteiger charge is 2.27. The summed E-state index contributed by atoms with van der Waals surface area (Å²) in [7, 11) is -6.78. The van der Waals surface area contributed by atoms with Gasteiger partial charge in [0.25, 0.3) is 0 Å². The predicted molar refractivity (Wildman–Crippen MR) is 78.3 cm³/mol. The molecule has 0 radical (unpaired) electrons. The Hall–Kier alpha value is 0.340. The molecule has 0 aliphatic carbocycles. The zero-order valence-electron chi connectivity index (χ0n) is 11.1. The van der Waals surface area contributed by atoms with Gasteiger partial charge in [0.1, 0.15) is 9.84 Å². The molecule has 0 aliphatic rings. The zero-order chi connectivity index (χ0) is 14.4. The van der Waals surface area contributed by atoms with E-state index < -0.39 is 19.9 Å². The molecule has 8 heteroatoms. The van der Waals surface area contributed by atoms with E-state index in [0.29, 0.717) is 11.9 Å². The number of hydrogen-bond acceptors (Lipinski definition) is 4. The van der Waals surface area contributed by atoms with Crippen LogP contribution in [0.2, 0.25) is 0 Å². The van der Waals surface area contributed by atoms with Crippen molar-refractivity contribution in [2.45, 2.75) is 26.7 Å². The average Bonchev–Trinajstić information content (AvgIpc) is 2.29. The fourth-order valence-corrected chi connectivity index (χ4v) is 5.08. The van der Waals surface area contributed by atoms with Gasteiger partial charge in [-0.15, -0.1) is 0 Å². The molecule has 18 heavy (non-hydrogen) atoms. The van der Waals surface area contributed by atoms with Gasteiger partial charge in [-0.1, -0.05) is 29.8 Å². The normalized spacial score (nSPS) is 13.8. The first kappa shape index (κ1) is 18.3. The van der Waals surface area contributed by atoms with Crippen LogP contribution in [0, 0.1) is 5.41 Å². The molecule has 0 unspecified atom stereocenters. The second-order valence-electron chi connectivity index (χ2n) is 4.61. The highest BCUT2D eigenvalue weighted by atomic mass is 79.9. The van der Waals surface area contributed by atoms with Gasteiger partial charge in [0.15, 0.2) is 0 Å². The molecule has 0 bridgehead atoms. The molecule has 0 aromatic rings. The molecule has 0 rings (SSSR count). The molecule has 5 nitrogen and oxygen atoms in total. The van der Waals surface area contributed by atoms with Crippen molar-refractivity contribution in [2.24, 2.45) is 5.41 Å². The van der Waals surface area contributed by atoms with Crippen LogP contribution in [0.5, 0.6) is 0 Å². The topological polar surface area (TPSA) is 80.3 Å². The molecule has 0 saturated carbocycles. The third-order valence-corrected chi connectivity index (χ3v) is 6.89. The van der Waals surface area contributed by atoms with Crippen LogP contribution in [-0.2, 0) is 19.9 Å². The van der Waals surface area contributed by atoms with Crippen LogP contribution in [0.3, 0.4) is 0 Å². The standard InChI is InChI=1S/C10H22BrNO4S2/c1-4-10(5-2,8-11)9-12-18(15,16)7-6-17(3,13)14/h12H,4-9H2,1-3H3. The molecule has 0 aliphatic heterocycles. The van der Waals surface area contributed by atoms with Gasteiger partial charge >= 0.3 is 0 Å². The quantitative estimate of drug-likeness (QED) is 0.623. The molecule has 0 heterocycles. The van der Waals surface area contributed by atoms with Crippen molar-refractivity contribution in [2.75, 3.05) is 29.6 Å². The fraction of sp³-hybridized carbons (Fsp3) is 1.00. The van der Waals surface area contributed by atoms with Gasteiger partial charge in [-0.2, -0.15) is 0 Å². The van der Waals surface area contributed by atoms with Crippen LogP contribution in [0.1, 0.15) is 26.7 Å². The van der Waals surface area contributed by atoms with Crippen LogP contribution in [0.15, 0.2) is 0 Å². The van der Waals surface area contributed by atoms with Crippen molar-refractivity contribution in [3.05, 3.63) is 0 Å². The van der Waals surface area contributed by atoms with Gasteiger partial charge in [0.2, 0.25) is 10.0 Å². The van der Waals surface area contributed by atoms with E-state index in [9.17, 15) is 16.8 Å². The lowest BCUT2D eigenvalue weighted by atomic mass is 9.85. The highest BCUT2D eigenvalue weighted by molar-refractivity contribution is 9.09. The summed E-state index contributed by atoms with van der Waals surface area (Å²) in [4.78, 5) is 0. The van der Waals surface area contributed by atoms with Gasteiger partial charge < -0.3 is 0 Å². The smallest absolute Gasteiger partial charge is 0.212 e. The first-order valence-electron chi connectivity index (χ1n) is 5.81. The van der Waals surface area contributed by atoms with E-state index in [1.165, 1.54) is 0 Å². The van der Waals surface area contributed by atoms with Gasteiger partial charge in [-0.25, -0.2) is 21.6 Å². The number of halogens is 1. The monoisotopic (exact) mass is 363 g/mol. The lowest BCUT2D eigenvalue weighted by Gasteiger charge is -2.29. The van der Waals surface area contributed by atoms with Crippen molar-refractivity contribution in [1.29, 1.82) is 0 Å². The van der Waals surface area contributed by atoms with Crippen LogP contribution in [-0.4, -0.2) is 46.5 Å². The van der Waals surface area contributed by atoms with E-state index >= 15 is 0 Å². The second kappa shape index (κ2) is 7.21. The molecule has 0 aromatic heterocycles. The Kier molecular flexibility index (Phi) is 7.35. The third kappa shape index (κ3) is 7.06. The summed E-state index contributed by atoms with van der Waals surface area (Å²) in [5, 5.41) is 0.710. The maximum Gasteiger partial charge on any atom is 0.212 e. The van der Waals surface area contributed by atoms with Crippen molar-refractivity contribution in [1.82, 2.24) is 4.72 Å². The lowest BCUT2D eigenvalue weighted by molar-refractivity contribution is 0.310. The Balaban J connectivity index is 4.51. The number of rotatable bonds is 9. The van der Waals surface area contributed by atoms with Crippen LogP contribution >= 0.6 is 15.9 Å². The number of alkyl halides is 1. The second-order valence-corrected chi connectivity index (χ2v) is 9.36. The minimum Gasteiger partial charge on any atom is -0.229 e. The minimum atomic E-state index is -3.53. The van der Waals surface area contributed by atoms with Gasteiger partial charge in [-0.3, -0.25) is 0 Å². The average molecular weight is 364 g/mol. The third-order valence-electron chi connectivity index (χ3n) is 3.17. The summed E-state index contributed by atoms with van der Waals surface area (Å²) in [5.74, 6) is -0.723. The predicted octanol–water partition coefficient (Wildman–Crippen LogP) is 1.15. The molecule has 0 spiro atoms. The van der Waals surface area contributed by atoms with Crippen LogP contribution in [0.4, 0.5) is 0 Å². The van der Waals surface area contributed by atoms with Crippen molar-refractivity contribution in [3.8, 4) is 0 Å². The summed E-state index contributed by atoms with van der Waals surface area (Å²) in [6.07, 6.45) is 2.73. The number of sulfone groups is 1. The van der Waals surface area contributed by atoms with Crippen LogP contribution in [0.25, 0.3) is 0 Å². The zero-order valence-corrected chi connectivity index (χ0v) is 14.3. The minimum absolute atomic E-state index is 0.113. The number of hydrogen-bond donors (Lipinski definition) is 1. The summed E-state index contributed by atoms with van der Waals surface area (Å²) in [5.41, 5.74) is -0.113. The van der Waals surface area contributed by atoms with Crippen molar-refractivity contribution >= 4 is 35.8 Å². The molecule has 110 valence electrons. The van der Waals surface area contributed by atoms with E-state index in [4.69, 9.17) is 0 Å². The molecular weight excluding hydrogens is 342 g/mol. The first-order valence-corrected chi connectivity index (χ1v) is 10.6. The summed E-state index contributed by atoms with van der Waals surface area (Å²) < 4.78 is 47.8. The Labute approximate surface area is 119 Å². The van der Waals surface area contributed by atoms with E-state index in [2.05, 4.69) is 20.7 Å². The van der Waals surface area contributed by atoms with Gasteiger partial charge in [0.05, 0.1) is 11.5 Å².